The standard InChI is InChI=1S/C57H81N3O21/c1-64-31-73-49-40-22-46(61)58-26-44-53(77-35-68-5)56(71-29-38-18-12-8-13-19-38)51(75-33-66-3)42(80-44)24-48(63)60-27-45-54(78-36-69-6)57(72-30-39-20-14-9-15-21-39)50(74-32-65-2)41(81-45)23-47(62)59-25-43(79-40)52(76-34-67-4)55(49)70-28-37-16-10-7-11-17-37/h7-21,40-45,49-57H,22-36H2,1-6H3,(H,58,61)(H,59,62)(H,60,63)/t40-,41-,42-,43-,44-,45-,49+,50+,51+,52-,53-,54-,55-,56-,57-/m1/s1. The summed E-state index contributed by atoms with van der Waals surface area (Å²) in [7, 11) is 8.86. The molecule has 24 nitrogen and oxygen atoms in total. The first kappa shape index (κ1) is 63.9. The van der Waals surface area contributed by atoms with Crippen molar-refractivity contribution in [3.63, 3.8) is 0 Å². The van der Waals surface area contributed by atoms with Crippen molar-refractivity contribution in [1.82, 2.24) is 16.0 Å². The van der Waals surface area contributed by atoms with E-state index in [2.05, 4.69) is 16.0 Å². The van der Waals surface area contributed by atoms with E-state index in [1.54, 1.807) is 0 Å². The third kappa shape index (κ3) is 19.2. The molecule has 3 N–H and O–H groups in total. The average molecular weight is 1140 g/mol. The first-order chi connectivity index (χ1) is 39.7. The molecule has 3 aromatic rings. The average Bonchev–Trinajstić information content (AvgIpc) is 3.49. The van der Waals surface area contributed by atoms with Crippen molar-refractivity contribution in [2.45, 2.75) is 131 Å². The topological polar surface area (TPSA) is 253 Å². The van der Waals surface area contributed by atoms with Crippen LogP contribution in [0.5, 0.6) is 0 Å². The van der Waals surface area contributed by atoms with Crippen molar-refractivity contribution < 1.29 is 99.6 Å². The van der Waals surface area contributed by atoms with Gasteiger partial charge < -0.3 is 101 Å². The number of carbonyl (C=O) groups excluding carboxylic acids is 3. The third-order valence-corrected chi connectivity index (χ3v) is 14.0. The molecule has 4 aliphatic rings. The van der Waals surface area contributed by atoms with Gasteiger partial charge in [0.15, 0.2) is 0 Å². The number of rotatable bonds is 27. The summed E-state index contributed by atoms with van der Waals surface area (Å²) < 4.78 is 111. The Morgan fingerprint density at radius 2 is 0.543 bits per heavy atom. The molecule has 0 saturated carbocycles. The van der Waals surface area contributed by atoms with Crippen molar-refractivity contribution in [2.24, 2.45) is 0 Å². The number of fused-ring (bicyclic) bond motifs is 6. The quantitative estimate of drug-likeness (QED) is 0.0928. The highest BCUT2D eigenvalue weighted by atomic mass is 16.7. The molecule has 4 heterocycles. The number of ether oxygens (including phenoxy) is 18. The lowest BCUT2D eigenvalue weighted by Crippen LogP contribution is -2.64. The molecule has 81 heavy (non-hydrogen) atoms. The minimum absolute atomic E-state index is 0.123. The smallest absolute Gasteiger partial charge is 0.222 e. The molecule has 24 heteroatoms. The van der Waals surface area contributed by atoms with Gasteiger partial charge in [0.1, 0.15) is 114 Å². The number of carbonyl (C=O) groups is 3. The minimum Gasteiger partial charge on any atom is -0.368 e. The molecule has 4 fully saturated rings. The Hall–Kier alpha value is -4.65. The third-order valence-electron chi connectivity index (χ3n) is 14.0. The molecule has 15 atom stereocenters. The van der Waals surface area contributed by atoms with Gasteiger partial charge in [-0.1, -0.05) is 91.0 Å². The van der Waals surface area contributed by atoms with Crippen LogP contribution >= 0.6 is 0 Å². The number of nitrogens with one attached hydrogen (secondary N) is 3. The normalized spacial score (nSPS) is 30.6. The Morgan fingerprint density at radius 1 is 0.321 bits per heavy atom. The first-order valence-electron chi connectivity index (χ1n) is 27.0. The van der Waals surface area contributed by atoms with E-state index < -0.39 is 109 Å². The lowest BCUT2D eigenvalue weighted by atomic mass is 9.91. The second kappa shape index (κ2) is 34.8. The van der Waals surface area contributed by atoms with E-state index in [1.165, 1.54) is 42.7 Å². The molecule has 0 unspecified atom stereocenters. The fourth-order valence-electron chi connectivity index (χ4n) is 10.3. The van der Waals surface area contributed by atoms with Crippen LogP contribution in [0.25, 0.3) is 0 Å². The van der Waals surface area contributed by atoms with Crippen LogP contribution in [-0.2, 0) is 119 Å². The number of amides is 3. The van der Waals surface area contributed by atoms with Gasteiger partial charge in [-0.3, -0.25) is 14.4 Å². The van der Waals surface area contributed by atoms with Crippen LogP contribution in [0.1, 0.15) is 36.0 Å². The molecule has 450 valence electrons. The molecular formula is C57H81N3O21. The summed E-state index contributed by atoms with van der Waals surface area (Å²) >= 11 is 0. The molecule has 4 aliphatic heterocycles. The second-order valence-electron chi connectivity index (χ2n) is 19.7. The van der Waals surface area contributed by atoms with Gasteiger partial charge in [-0.2, -0.15) is 0 Å². The first-order valence-corrected chi connectivity index (χ1v) is 27.0. The molecule has 0 aromatic heterocycles. The Kier molecular flexibility index (Phi) is 27.5. The highest BCUT2D eigenvalue weighted by Gasteiger charge is 2.53. The van der Waals surface area contributed by atoms with Gasteiger partial charge in [-0.05, 0) is 16.7 Å². The molecule has 7 rings (SSSR count). The van der Waals surface area contributed by atoms with E-state index in [9.17, 15) is 14.4 Å². The number of benzene rings is 3. The van der Waals surface area contributed by atoms with Gasteiger partial charge in [0.05, 0.1) is 57.4 Å². The number of hydrogen-bond donors (Lipinski definition) is 3. The maximum Gasteiger partial charge on any atom is 0.222 e. The Bertz CT molecular complexity index is 2000. The summed E-state index contributed by atoms with van der Waals surface area (Å²) in [5.41, 5.74) is 2.57. The van der Waals surface area contributed by atoms with Gasteiger partial charge >= 0.3 is 0 Å². The van der Waals surface area contributed by atoms with Crippen LogP contribution in [0.15, 0.2) is 91.0 Å². The predicted molar refractivity (Wildman–Crippen MR) is 284 cm³/mol. The van der Waals surface area contributed by atoms with Crippen LogP contribution < -0.4 is 16.0 Å². The minimum atomic E-state index is -1.02. The summed E-state index contributed by atoms with van der Waals surface area (Å²) in [6.45, 7) is -1.18. The molecular weight excluding hydrogens is 1060 g/mol. The fourth-order valence-corrected chi connectivity index (χ4v) is 10.3. The van der Waals surface area contributed by atoms with Gasteiger partial charge in [0, 0.05) is 62.3 Å². The summed E-state index contributed by atoms with van der Waals surface area (Å²) in [5, 5.41) is 9.08. The van der Waals surface area contributed by atoms with Crippen molar-refractivity contribution in [3.05, 3.63) is 108 Å². The van der Waals surface area contributed by atoms with Crippen molar-refractivity contribution in [1.29, 1.82) is 0 Å². The molecule has 0 radical (unpaired) electrons. The van der Waals surface area contributed by atoms with Gasteiger partial charge in [0.2, 0.25) is 17.7 Å². The molecule has 3 aromatic carbocycles. The maximum absolute atomic E-state index is 14.5. The molecule has 0 aliphatic carbocycles. The van der Waals surface area contributed by atoms with Gasteiger partial charge in [-0.15, -0.1) is 0 Å². The molecule has 6 bridgehead atoms. The highest BCUT2D eigenvalue weighted by molar-refractivity contribution is 5.77. The zero-order chi connectivity index (χ0) is 57.2. The summed E-state index contributed by atoms with van der Waals surface area (Å²) in [5.74, 6) is -1.41. The van der Waals surface area contributed by atoms with E-state index in [1.807, 2.05) is 91.0 Å². The summed E-state index contributed by atoms with van der Waals surface area (Å²) in [6.07, 6.45) is -15.2. The van der Waals surface area contributed by atoms with Crippen molar-refractivity contribution in [3.8, 4) is 0 Å². The maximum atomic E-state index is 14.5. The van der Waals surface area contributed by atoms with E-state index in [0.29, 0.717) is 0 Å². The number of methoxy groups -OCH3 is 6. The van der Waals surface area contributed by atoms with E-state index in [-0.39, 0.29) is 99.5 Å². The fraction of sp³-hybridized carbons (Fsp3) is 0.632. The van der Waals surface area contributed by atoms with E-state index >= 15 is 0 Å². The SMILES string of the molecule is COCO[C@@H]1[C@@H](OCc2ccccc2)[C@H](OCOC)[C@H]2CNC(=O)C[C@H]3O[C@H](CNC(=O)C[C@H]4O[C@H](CNC(=O)C[C@H]1O2)[C@@H](OCOC)[C@H](OCc1ccccc1)[C@H]4OCOC)[C@@H](OCOC)[C@H](OCc1ccccc1)[C@H]3OCOC. The lowest BCUT2D eigenvalue weighted by Gasteiger charge is -2.46. The lowest BCUT2D eigenvalue weighted by molar-refractivity contribution is -0.282. The predicted octanol–water partition coefficient (Wildman–Crippen LogP) is 2.51. The van der Waals surface area contributed by atoms with Crippen LogP contribution in [-0.4, -0.2) is 212 Å². The van der Waals surface area contributed by atoms with E-state index in [4.69, 9.17) is 85.3 Å². The Morgan fingerprint density at radius 3 is 0.765 bits per heavy atom. The monoisotopic (exact) mass is 1140 g/mol. The van der Waals surface area contributed by atoms with Crippen LogP contribution in [0.4, 0.5) is 0 Å². The zero-order valence-electron chi connectivity index (χ0n) is 47.0. The number of hydrogen-bond acceptors (Lipinski definition) is 21. The van der Waals surface area contributed by atoms with E-state index in [0.717, 1.165) is 16.7 Å². The summed E-state index contributed by atoms with van der Waals surface area (Å²) in [6, 6.07) is 28.6. The van der Waals surface area contributed by atoms with Crippen molar-refractivity contribution >= 4 is 17.7 Å². The highest BCUT2D eigenvalue weighted by Crippen LogP contribution is 2.35. The second-order valence-corrected chi connectivity index (χ2v) is 19.7. The van der Waals surface area contributed by atoms with Crippen molar-refractivity contribution in [2.75, 3.05) is 103 Å². The van der Waals surface area contributed by atoms with Gasteiger partial charge in [0.25, 0.3) is 0 Å². The van der Waals surface area contributed by atoms with Crippen LogP contribution in [0, 0.1) is 0 Å². The summed E-state index contributed by atoms with van der Waals surface area (Å²) in [4.78, 5) is 43.6. The largest absolute Gasteiger partial charge is 0.368 e. The van der Waals surface area contributed by atoms with Gasteiger partial charge in [-0.25, -0.2) is 0 Å². The Labute approximate surface area is 473 Å². The molecule has 3 amide bonds. The van der Waals surface area contributed by atoms with Crippen LogP contribution in [0.2, 0.25) is 0 Å². The zero-order valence-corrected chi connectivity index (χ0v) is 47.0. The molecule has 4 saturated heterocycles. The molecule has 0 spiro atoms. The van der Waals surface area contributed by atoms with Crippen LogP contribution in [0.3, 0.4) is 0 Å². The Balaban J connectivity index is 1.29.